The highest BCUT2D eigenvalue weighted by molar-refractivity contribution is 6.13. The molecule has 0 N–H and O–H groups in total. The molecule has 77 valence electrons. The third-order valence-electron chi connectivity index (χ3n) is 2.31. The summed E-state index contributed by atoms with van der Waals surface area (Å²) >= 11 is 0. The maximum absolute atomic E-state index is 10.9. The van der Waals surface area contributed by atoms with Crippen LogP contribution in [0.5, 0.6) is 0 Å². The minimum absolute atomic E-state index is 0.576. The molecule has 0 aromatic heterocycles. The van der Waals surface area contributed by atoms with Crippen molar-refractivity contribution in [3.63, 3.8) is 0 Å². The van der Waals surface area contributed by atoms with Gasteiger partial charge in [0.2, 0.25) is 6.29 Å². The number of hydrogen-bond donors (Lipinski definition) is 0. The molecule has 0 heterocycles. The fourth-order valence-corrected chi connectivity index (χ4v) is 1.51. The smallest absolute Gasteiger partial charge is 0.234 e. The topological polar surface area (TPSA) is 17.1 Å². The van der Waals surface area contributed by atoms with Gasteiger partial charge in [0.15, 0.2) is 0 Å². The molecule has 0 saturated carbocycles. The van der Waals surface area contributed by atoms with Crippen molar-refractivity contribution < 1.29 is 4.79 Å². The summed E-state index contributed by atoms with van der Waals surface area (Å²) in [6.07, 6.45) is 3.81. The molecule has 0 spiro atoms. The first-order chi connectivity index (χ1) is 7.90. The zero-order chi connectivity index (χ0) is 11.2. The fourth-order valence-electron chi connectivity index (χ4n) is 1.51. The van der Waals surface area contributed by atoms with Gasteiger partial charge in [0.1, 0.15) is 0 Å². The Hall–Kier alpha value is -2.15. The molecule has 1 heteroatoms. The third kappa shape index (κ3) is 2.45. The van der Waals surface area contributed by atoms with E-state index in [9.17, 15) is 4.79 Å². The van der Waals surface area contributed by atoms with Gasteiger partial charge >= 0.3 is 0 Å². The third-order valence-corrected chi connectivity index (χ3v) is 2.31. The Morgan fingerprint density at radius 1 is 0.875 bits per heavy atom. The van der Waals surface area contributed by atoms with Gasteiger partial charge in [-0.3, -0.25) is 4.79 Å². The summed E-state index contributed by atoms with van der Waals surface area (Å²) in [4.78, 5) is 10.9. The first-order valence-corrected chi connectivity index (χ1v) is 5.10. The van der Waals surface area contributed by atoms with Crippen LogP contribution >= 0.6 is 0 Å². The summed E-state index contributed by atoms with van der Waals surface area (Å²) in [5, 5.41) is 0. The van der Waals surface area contributed by atoms with Crippen LogP contribution in [0.4, 0.5) is 0 Å². The van der Waals surface area contributed by atoms with E-state index in [0.717, 1.165) is 11.1 Å². The largest absolute Gasteiger partial charge is 0.285 e. The van der Waals surface area contributed by atoms with E-state index < -0.39 is 0 Å². The maximum Gasteiger partial charge on any atom is 0.234 e. The van der Waals surface area contributed by atoms with E-state index in [0.29, 0.717) is 5.57 Å². The predicted molar refractivity (Wildman–Crippen MR) is 66.4 cm³/mol. The first-order valence-electron chi connectivity index (χ1n) is 5.10. The zero-order valence-corrected chi connectivity index (χ0v) is 8.76. The van der Waals surface area contributed by atoms with Crippen molar-refractivity contribution in [2.24, 2.45) is 0 Å². The van der Waals surface area contributed by atoms with Crippen molar-refractivity contribution in [2.75, 3.05) is 0 Å². The highest BCUT2D eigenvalue weighted by Gasteiger charge is 1.99. The first kappa shape index (κ1) is 10.4. The average Bonchev–Trinajstić information content (AvgIpc) is 2.38. The summed E-state index contributed by atoms with van der Waals surface area (Å²) in [6, 6.07) is 19.3. The maximum atomic E-state index is 10.9. The molecule has 0 fully saturated rings. The summed E-state index contributed by atoms with van der Waals surface area (Å²) in [5.74, 6) is 0. The van der Waals surface area contributed by atoms with Gasteiger partial charge < -0.3 is 0 Å². The monoisotopic (exact) mass is 207 g/mol. The summed E-state index contributed by atoms with van der Waals surface area (Å²) in [7, 11) is 0. The second kappa shape index (κ2) is 5.08. The van der Waals surface area contributed by atoms with Crippen molar-refractivity contribution in [2.45, 2.75) is 0 Å². The molecule has 0 saturated heterocycles. The number of hydrogen-bond acceptors (Lipinski definition) is 1. The van der Waals surface area contributed by atoms with Gasteiger partial charge in [-0.05, 0) is 17.2 Å². The lowest BCUT2D eigenvalue weighted by atomic mass is 10.0. The molecular weight excluding hydrogens is 196 g/mol. The van der Waals surface area contributed by atoms with Crippen LogP contribution < -0.4 is 0 Å². The van der Waals surface area contributed by atoms with Crippen molar-refractivity contribution in [1.29, 1.82) is 0 Å². The number of benzene rings is 2. The lowest BCUT2D eigenvalue weighted by Crippen LogP contribution is -1.85. The minimum atomic E-state index is 0.576. The standard InChI is InChI=1S/C15H11O/c16-12-15(14-9-5-2-6-10-14)11-13-7-3-1-4-8-13/h1-11H. The molecule has 0 aliphatic rings. The van der Waals surface area contributed by atoms with Crippen LogP contribution in [0.1, 0.15) is 11.1 Å². The minimum Gasteiger partial charge on any atom is -0.285 e. The molecule has 0 bridgehead atoms. The number of rotatable bonds is 3. The van der Waals surface area contributed by atoms with E-state index in [1.165, 1.54) is 0 Å². The number of allylic oxidation sites excluding steroid dienone is 1. The van der Waals surface area contributed by atoms with E-state index in [-0.39, 0.29) is 0 Å². The van der Waals surface area contributed by atoms with E-state index >= 15 is 0 Å². The lowest BCUT2D eigenvalue weighted by molar-refractivity contribution is 0.565. The van der Waals surface area contributed by atoms with Crippen LogP contribution in [0.25, 0.3) is 11.6 Å². The Kier molecular flexibility index (Phi) is 3.29. The molecule has 2 aromatic rings. The summed E-state index contributed by atoms with van der Waals surface area (Å²) < 4.78 is 0. The van der Waals surface area contributed by atoms with E-state index in [4.69, 9.17) is 0 Å². The molecule has 2 aromatic carbocycles. The molecule has 0 atom stereocenters. The quantitative estimate of drug-likeness (QED) is 0.557. The van der Waals surface area contributed by atoms with Crippen LogP contribution in [0, 0.1) is 0 Å². The molecule has 2 rings (SSSR count). The van der Waals surface area contributed by atoms with Gasteiger partial charge in [0.05, 0.1) is 0 Å². The normalized spacial score (nSPS) is 11.1. The molecule has 0 amide bonds. The molecule has 1 radical (unpaired) electrons. The van der Waals surface area contributed by atoms with Crippen molar-refractivity contribution in [3.05, 3.63) is 71.8 Å². The van der Waals surface area contributed by atoms with E-state index in [2.05, 4.69) is 0 Å². The van der Waals surface area contributed by atoms with Gasteiger partial charge in [-0.25, -0.2) is 0 Å². The summed E-state index contributed by atoms with van der Waals surface area (Å²) in [6.45, 7) is 0. The number of carbonyl (C=O) groups excluding carboxylic acids is 1. The molecule has 16 heavy (non-hydrogen) atoms. The van der Waals surface area contributed by atoms with Crippen molar-refractivity contribution in [1.82, 2.24) is 0 Å². The molecule has 0 aliphatic heterocycles. The average molecular weight is 207 g/mol. The Morgan fingerprint density at radius 2 is 1.44 bits per heavy atom. The van der Waals surface area contributed by atoms with Crippen LogP contribution in [0.15, 0.2) is 60.7 Å². The van der Waals surface area contributed by atoms with Gasteiger partial charge in [-0.1, -0.05) is 60.7 Å². The summed E-state index contributed by atoms with van der Waals surface area (Å²) in [5.41, 5.74) is 2.47. The highest BCUT2D eigenvalue weighted by atomic mass is 16.1. The van der Waals surface area contributed by atoms with Gasteiger partial charge in [-0.2, -0.15) is 0 Å². The highest BCUT2D eigenvalue weighted by Crippen LogP contribution is 2.15. The van der Waals surface area contributed by atoms with E-state index in [1.54, 1.807) is 0 Å². The Labute approximate surface area is 95.1 Å². The Bertz CT molecular complexity index is 483. The van der Waals surface area contributed by atoms with Crippen LogP contribution in [0.2, 0.25) is 0 Å². The SMILES string of the molecule is O=[C]C(=Cc1ccccc1)c1ccccc1. The second-order valence-corrected chi connectivity index (χ2v) is 3.44. The fraction of sp³-hybridized carbons (Fsp3) is 0. The molecule has 0 unspecified atom stereocenters. The van der Waals surface area contributed by atoms with Crippen LogP contribution in [-0.4, -0.2) is 6.29 Å². The zero-order valence-electron chi connectivity index (χ0n) is 8.76. The Balaban J connectivity index is 2.38. The predicted octanol–water partition coefficient (Wildman–Crippen LogP) is 3.34. The van der Waals surface area contributed by atoms with Crippen molar-refractivity contribution in [3.8, 4) is 0 Å². The molecule has 1 nitrogen and oxygen atoms in total. The molecule has 0 aliphatic carbocycles. The lowest BCUT2D eigenvalue weighted by Gasteiger charge is -1.99. The van der Waals surface area contributed by atoms with Crippen LogP contribution in [0.3, 0.4) is 0 Å². The van der Waals surface area contributed by atoms with E-state index in [1.807, 2.05) is 73.0 Å². The van der Waals surface area contributed by atoms with Gasteiger partial charge in [0, 0.05) is 5.57 Å². The van der Waals surface area contributed by atoms with Gasteiger partial charge in [0.25, 0.3) is 0 Å². The molecular formula is C15H11O. The second-order valence-electron chi connectivity index (χ2n) is 3.44. The van der Waals surface area contributed by atoms with Crippen LogP contribution in [-0.2, 0) is 4.79 Å². The Morgan fingerprint density at radius 3 is 2.00 bits per heavy atom. The van der Waals surface area contributed by atoms with Gasteiger partial charge in [-0.15, -0.1) is 0 Å². The van der Waals surface area contributed by atoms with Crippen molar-refractivity contribution >= 4 is 17.9 Å².